The highest BCUT2D eigenvalue weighted by atomic mass is 15.6. The van der Waals surface area contributed by atoms with Crippen molar-refractivity contribution in [3.05, 3.63) is 60.3 Å². The second kappa shape index (κ2) is 7.14. The molecule has 8 nitrogen and oxygen atoms in total. The molecule has 2 heterocycles. The van der Waals surface area contributed by atoms with Gasteiger partial charge in [0.15, 0.2) is 0 Å². The lowest BCUT2D eigenvalue weighted by Gasteiger charge is -2.10. The number of rotatable bonds is 6. The molecule has 2 N–H and O–H groups in total. The van der Waals surface area contributed by atoms with Gasteiger partial charge in [-0.15, -0.1) is 0 Å². The largest absolute Gasteiger partial charge is 0.367 e. The molecular weight excluding hydrogens is 328 g/mol. The Bertz CT molecular complexity index is 1010. The molecule has 2 aromatic heterocycles. The number of tetrazole rings is 1. The first-order valence-corrected chi connectivity index (χ1v) is 8.36. The summed E-state index contributed by atoms with van der Waals surface area (Å²) in [5.41, 5.74) is 3.55. The highest BCUT2D eigenvalue weighted by Crippen LogP contribution is 2.15. The van der Waals surface area contributed by atoms with E-state index in [1.54, 1.807) is 4.68 Å². The molecule has 4 rings (SSSR count). The van der Waals surface area contributed by atoms with Crippen molar-refractivity contribution in [3.63, 3.8) is 0 Å². The van der Waals surface area contributed by atoms with E-state index in [1.165, 1.54) is 0 Å². The smallest absolute Gasteiger partial charge is 0.247 e. The summed E-state index contributed by atoms with van der Waals surface area (Å²) in [6.45, 7) is 3.25. The van der Waals surface area contributed by atoms with Crippen LogP contribution >= 0.6 is 0 Å². The van der Waals surface area contributed by atoms with Gasteiger partial charge in [0, 0.05) is 13.1 Å². The van der Waals surface area contributed by atoms with Crippen LogP contribution < -0.4 is 10.6 Å². The third kappa shape index (κ3) is 3.30. The molecular formula is C18H18N8. The first kappa shape index (κ1) is 15.9. The van der Waals surface area contributed by atoms with Crippen LogP contribution in [0.5, 0.6) is 0 Å². The molecule has 0 radical (unpaired) electrons. The molecule has 0 bridgehead atoms. The molecule has 0 atom stereocenters. The molecule has 2 aromatic carbocycles. The number of benzene rings is 2. The topological polar surface area (TPSA) is 93.4 Å². The summed E-state index contributed by atoms with van der Waals surface area (Å²) in [4.78, 5) is 9.20. The number of nitrogens with zero attached hydrogens (tertiary/aromatic N) is 6. The predicted molar refractivity (Wildman–Crippen MR) is 100 cm³/mol. The Morgan fingerprint density at radius 3 is 2.35 bits per heavy atom. The highest BCUT2D eigenvalue weighted by molar-refractivity contribution is 5.76. The van der Waals surface area contributed by atoms with Gasteiger partial charge in [-0.05, 0) is 41.6 Å². The standard InChI is InChI=1S/C18H18N8/c1-13-17(22-16-10-6-5-9-15(16)21-13)19-11-12-20-18-23-24-25-26(18)14-7-3-2-4-8-14/h2-10H,11-12H2,1H3,(H,19,22)(H,20,23,25). The monoisotopic (exact) mass is 346 g/mol. The molecule has 0 aliphatic heterocycles. The third-order valence-corrected chi connectivity index (χ3v) is 3.92. The van der Waals surface area contributed by atoms with Gasteiger partial charge in [-0.3, -0.25) is 0 Å². The van der Waals surface area contributed by atoms with Gasteiger partial charge < -0.3 is 10.6 Å². The summed E-state index contributed by atoms with van der Waals surface area (Å²) in [6.07, 6.45) is 0. The van der Waals surface area contributed by atoms with Crippen LogP contribution in [0, 0.1) is 6.92 Å². The number of hydrogen-bond donors (Lipinski definition) is 2. The Morgan fingerprint density at radius 1 is 0.846 bits per heavy atom. The van der Waals surface area contributed by atoms with E-state index >= 15 is 0 Å². The quantitative estimate of drug-likeness (QED) is 0.518. The van der Waals surface area contributed by atoms with Crippen molar-refractivity contribution in [3.8, 4) is 5.69 Å². The highest BCUT2D eigenvalue weighted by Gasteiger charge is 2.08. The van der Waals surface area contributed by atoms with E-state index in [1.807, 2.05) is 61.5 Å². The molecule has 0 aliphatic rings. The predicted octanol–water partition coefficient (Wildman–Crippen LogP) is 2.44. The second-order valence-corrected chi connectivity index (χ2v) is 5.75. The minimum atomic E-state index is 0.597. The van der Waals surface area contributed by atoms with E-state index in [0.717, 1.165) is 28.2 Å². The number of nitrogens with one attached hydrogen (secondary N) is 2. The van der Waals surface area contributed by atoms with Gasteiger partial charge in [0.25, 0.3) is 0 Å². The van der Waals surface area contributed by atoms with Gasteiger partial charge >= 0.3 is 0 Å². The molecule has 0 spiro atoms. The van der Waals surface area contributed by atoms with Gasteiger partial charge in [-0.1, -0.05) is 35.4 Å². The third-order valence-electron chi connectivity index (χ3n) is 3.92. The molecule has 26 heavy (non-hydrogen) atoms. The van der Waals surface area contributed by atoms with Gasteiger partial charge in [-0.25, -0.2) is 9.97 Å². The molecule has 0 aliphatic carbocycles. The fourth-order valence-corrected chi connectivity index (χ4v) is 2.65. The molecule has 0 amide bonds. The first-order valence-electron chi connectivity index (χ1n) is 8.36. The van der Waals surface area contributed by atoms with Crippen molar-refractivity contribution in [2.24, 2.45) is 0 Å². The minimum absolute atomic E-state index is 0.597. The van der Waals surface area contributed by atoms with Crippen LogP contribution in [0.15, 0.2) is 54.6 Å². The molecule has 8 heteroatoms. The number of aromatic nitrogens is 6. The molecule has 4 aromatic rings. The van der Waals surface area contributed by atoms with Crippen LogP contribution in [0.4, 0.5) is 11.8 Å². The van der Waals surface area contributed by atoms with E-state index in [9.17, 15) is 0 Å². The van der Waals surface area contributed by atoms with E-state index in [0.29, 0.717) is 19.0 Å². The van der Waals surface area contributed by atoms with Gasteiger partial charge in [0.2, 0.25) is 5.95 Å². The summed E-state index contributed by atoms with van der Waals surface area (Å²) in [5.74, 6) is 1.38. The molecule has 0 unspecified atom stereocenters. The second-order valence-electron chi connectivity index (χ2n) is 5.75. The summed E-state index contributed by atoms with van der Waals surface area (Å²) >= 11 is 0. The Hall–Kier alpha value is -3.55. The van der Waals surface area contributed by atoms with Crippen LogP contribution in [-0.4, -0.2) is 43.3 Å². The van der Waals surface area contributed by atoms with Crippen LogP contribution in [0.2, 0.25) is 0 Å². The van der Waals surface area contributed by atoms with Crippen LogP contribution in [-0.2, 0) is 0 Å². The van der Waals surface area contributed by atoms with Crippen molar-refractivity contribution < 1.29 is 0 Å². The Balaban J connectivity index is 1.39. The molecule has 130 valence electrons. The van der Waals surface area contributed by atoms with Gasteiger partial charge in [0.05, 0.1) is 22.4 Å². The van der Waals surface area contributed by atoms with Crippen molar-refractivity contribution in [2.45, 2.75) is 6.92 Å². The van der Waals surface area contributed by atoms with Crippen molar-refractivity contribution in [1.82, 2.24) is 30.2 Å². The number of anilines is 2. The van der Waals surface area contributed by atoms with E-state index in [-0.39, 0.29) is 0 Å². The number of hydrogen-bond acceptors (Lipinski definition) is 7. The van der Waals surface area contributed by atoms with Crippen molar-refractivity contribution in [2.75, 3.05) is 23.7 Å². The zero-order valence-electron chi connectivity index (χ0n) is 14.3. The summed E-state index contributed by atoms with van der Waals surface area (Å²) in [6, 6.07) is 17.6. The Morgan fingerprint density at radius 2 is 1.54 bits per heavy atom. The molecule has 0 saturated carbocycles. The Labute approximate surface area is 150 Å². The lowest BCUT2D eigenvalue weighted by molar-refractivity contribution is 0.789. The van der Waals surface area contributed by atoms with Gasteiger partial charge in [0.1, 0.15) is 5.82 Å². The average molecular weight is 346 g/mol. The van der Waals surface area contributed by atoms with Crippen LogP contribution in [0.1, 0.15) is 5.69 Å². The Kier molecular flexibility index (Phi) is 4.38. The number of aryl methyl sites for hydroxylation is 1. The van der Waals surface area contributed by atoms with Crippen molar-refractivity contribution >= 4 is 22.8 Å². The normalized spacial score (nSPS) is 10.8. The maximum Gasteiger partial charge on any atom is 0.247 e. The SMILES string of the molecule is Cc1nc2ccccc2nc1NCCNc1nnnn1-c1ccccc1. The van der Waals surface area contributed by atoms with E-state index < -0.39 is 0 Å². The number of para-hydroxylation sites is 3. The van der Waals surface area contributed by atoms with E-state index in [4.69, 9.17) is 0 Å². The van der Waals surface area contributed by atoms with Crippen LogP contribution in [0.25, 0.3) is 16.7 Å². The lowest BCUT2D eigenvalue weighted by atomic mass is 10.3. The summed E-state index contributed by atoms with van der Waals surface area (Å²) in [5, 5.41) is 18.3. The number of fused-ring (bicyclic) bond motifs is 1. The fourth-order valence-electron chi connectivity index (χ4n) is 2.65. The first-order chi connectivity index (χ1) is 12.8. The van der Waals surface area contributed by atoms with Crippen LogP contribution in [0.3, 0.4) is 0 Å². The van der Waals surface area contributed by atoms with Gasteiger partial charge in [-0.2, -0.15) is 4.68 Å². The molecule has 0 saturated heterocycles. The zero-order valence-corrected chi connectivity index (χ0v) is 14.3. The summed E-state index contributed by atoms with van der Waals surface area (Å²) < 4.78 is 1.67. The maximum atomic E-state index is 4.63. The summed E-state index contributed by atoms with van der Waals surface area (Å²) in [7, 11) is 0. The molecule has 0 fully saturated rings. The zero-order chi connectivity index (χ0) is 17.8. The fraction of sp³-hybridized carbons (Fsp3) is 0.167. The maximum absolute atomic E-state index is 4.63. The minimum Gasteiger partial charge on any atom is -0.367 e. The van der Waals surface area contributed by atoms with E-state index in [2.05, 4.69) is 36.1 Å². The lowest BCUT2D eigenvalue weighted by Crippen LogP contribution is -2.17. The van der Waals surface area contributed by atoms with Crippen molar-refractivity contribution in [1.29, 1.82) is 0 Å². The average Bonchev–Trinajstić information content (AvgIpc) is 3.14.